The topological polar surface area (TPSA) is 70.2 Å². The third kappa shape index (κ3) is 3.39. The lowest BCUT2D eigenvalue weighted by Gasteiger charge is -2.48. The van der Waals surface area contributed by atoms with Gasteiger partial charge in [0.2, 0.25) is 17.7 Å². The molecule has 0 saturated carbocycles. The Kier molecular flexibility index (Phi) is 5.10. The second-order valence-corrected chi connectivity index (χ2v) is 8.04. The van der Waals surface area contributed by atoms with Crippen molar-refractivity contribution >= 4 is 23.4 Å². The number of amides is 3. The molecule has 3 heterocycles. The van der Waals surface area contributed by atoms with E-state index in [9.17, 15) is 14.4 Å². The third-order valence-corrected chi connectivity index (χ3v) is 6.28. The van der Waals surface area contributed by atoms with Crippen molar-refractivity contribution in [1.82, 2.24) is 9.80 Å². The van der Waals surface area contributed by atoms with E-state index in [1.54, 1.807) is 9.80 Å². The van der Waals surface area contributed by atoms with Crippen LogP contribution in [0.4, 0.5) is 5.69 Å². The molecule has 3 saturated heterocycles. The van der Waals surface area contributed by atoms with Crippen LogP contribution < -0.4 is 4.90 Å². The van der Waals surface area contributed by atoms with Crippen LogP contribution in [0.25, 0.3) is 0 Å². The minimum absolute atomic E-state index is 0.00475. The summed E-state index contributed by atoms with van der Waals surface area (Å²) in [4.78, 5) is 43.5. The molecule has 7 heteroatoms. The zero-order valence-electron chi connectivity index (χ0n) is 16.3. The van der Waals surface area contributed by atoms with Gasteiger partial charge in [0.1, 0.15) is 6.54 Å². The van der Waals surface area contributed by atoms with Gasteiger partial charge in [-0.1, -0.05) is 18.2 Å². The van der Waals surface area contributed by atoms with Gasteiger partial charge in [-0.2, -0.15) is 0 Å². The third-order valence-electron chi connectivity index (χ3n) is 6.28. The molecule has 4 rings (SSSR count). The number of anilines is 1. The van der Waals surface area contributed by atoms with Crippen molar-refractivity contribution in [1.29, 1.82) is 0 Å². The number of hydrogen-bond donors (Lipinski definition) is 0. The predicted octanol–water partition coefficient (Wildman–Crippen LogP) is 1.28. The molecule has 3 aliphatic rings. The number of para-hydroxylation sites is 1. The highest BCUT2D eigenvalue weighted by Crippen LogP contribution is 2.35. The van der Waals surface area contributed by atoms with Gasteiger partial charge in [-0.25, -0.2) is 0 Å². The van der Waals surface area contributed by atoms with Crippen molar-refractivity contribution in [2.75, 3.05) is 44.3 Å². The predicted molar refractivity (Wildman–Crippen MR) is 104 cm³/mol. The van der Waals surface area contributed by atoms with Crippen molar-refractivity contribution in [2.24, 2.45) is 5.92 Å². The van der Waals surface area contributed by atoms with Gasteiger partial charge >= 0.3 is 0 Å². The minimum Gasteiger partial charge on any atom is -0.381 e. The number of likely N-dealkylation sites (tertiary alicyclic amines) is 1. The van der Waals surface area contributed by atoms with Crippen LogP contribution in [0.3, 0.4) is 0 Å². The van der Waals surface area contributed by atoms with Crippen LogP contribution in [0.15, 0.2) is 30.3 Å². The van der Waals surface area contributed by atoms with Crippen LogP contribution in [0.1, 0.15) is 26.2 Å². The number of ether oxygens (including phenoxy) is 1. The van der Waals surface area contributed by atoms with Gasteiger partial charge in [-0.3, -0.25) is 14.4 Å². The van der Waals surface area contributed by atoms with Crippen LogP contribution >= 0.6 is 0 Å². The molecule has 150 valence electrons. The number of rotatable bonds is 2. The SMILES string of the molecule is CC(=O)N1CC(=O)N(c2ccccc2)C[C@]12CCN(C(=O)C1CCOCC1)C2. The van der Waals surface area contributed by atoms with E-state index in [1.807, 2.05) is 35.2 Å². The zero-order valence-corrected chi connectivity index (χ0v) is 16.3. The van der Waals surface area contributed by atoms with Crippen molar-refractivity contribution in [3.8, 4) is 0 Å². The molecule has 0 N–H and O–H groups in total. The van der Waals surface area contributed by atoms with Gasteiger partial charge < -0.3 is 19.4 Å². The Morgan fingerprint density at radius 3 is 2.50 bits per heavy atom. The second-order valence-electron chi connectivity index (χ2n) is 8.04. The Bertz CT molecular complexity index is 762. The van der Waals surface area contributed by atoms with Crippen molar-refractivity contribution in [2.45, 2.75) is 31.7 Å². The van der Waals surface area contributed by atoms with Gasteiger partial charge in [-0.15, -0.1) is 0 Å². The summed E-state index contributed by atoms with van der Waals surface area (Å²) in [5.74, 6) is -0.0281. The smallest absolute Gasteiger partial charge is 0.246 e. The summed E-state index contributed by atoms with van der Waals surface area (Å²) in [6, 6.07) is 9.55. The Labute approximate surface area is 165 Å². The van der Waals surface area contributed by atoms with E-state index >= 15 is 0 Å². The molecule has 0 aromatic heterocycles. The fourth-order valence-corrected chi connectivity index (χ4v) is 4.74. The van der Waals surface area contributed by atoms with Gasteiger partial charge in [-0.05, 0) is 31.4 Å². The van der Waals surface area contributed by atoms with E-state index in [-0.39, 0.29) is 30.2 Å². The quantitative estimate of drug-likeness (QED) is 0.769. The average Bonchev–Trinajstić information content (AvgIpc) is 3.14. The van der Waals surface area contributed by atoms with Crippen molar-refractivity contribution in [3.05, 3.63) is 30.3 Å². The highest BCUT2D eigenvalue weighted by molar-refractivity contribution is 5.98. The van der Waals surface area contributed by atoms with Gasteiger partial charge in [0.05, 0.1) is 12.1 Å². The zero-order chi connectivity index (χ0) is 19.7. The summed E-state index contributed by atoms with van der Waals surface area (Å²) in [5, 5.41) is 0. The normalized spacial score (nSPS) is 26.2. The van der Waals surface area contributed by atoms with E-state index in [4.69, 9.17) is 4.74 Å². The molecular formula is C21H27N3O4. The summed E-state index contributed by atoms with van der Waals surface area (Å²) in [6.45, 7) is 4.36. The van der Waals surface area contributed by atoms with Crippen molar-refractivity contribution < 1.29 is 19.1 Å². The molecule has 0 aliphatic carbocycles. The first-order chi connectivity index (χ1) is 13.5. The van der Waals surface area contributed by atoms with Crippen LogP contribution in [-0.4, -0.2) is 72.5 Å². The maximum absolute atomic E-state index is 13.0. The highest BCUT2D eigenvalue weighted by Gasteiger charge is 2.51. The van der Waals surface area contributed by atoms with Crippen LogP contribution in [0.5, 0.6) is 0 Å². The molecule has 3 amide bonds. The summed E-state index contributed by atoms with van der Waals surface area (Å²) >= 11 is 0. The molecule has 7 nitrogen and oxygen atoms in total. The summed E-state index contributed by atoms with van der Waals surface area (Å²) < 4.78 is 5.38. The number of hydrogen-bond acceptors (Lipinski definition) is 4. The first-order valence-corrected chi connectivity index (χ1v) is 10.0. The Morgan fingerprint density at radius 2 is 1.82 bits per heavy atom. The second kappa shape index (κ2) is 7.54. The van der Waals surface area contributed by atoms with E-state index in [2.05, 4.69) is 0 Å². The van der Waals surface area contributed by atoms with Gasteiger partial charge in [0.15, 0.2) is 0 Å². The highest BCUT2D eigenvalue weighted by atomic mass is 16.5. The van der Waals surface area contributed by atoms with E-state index in [0.29, 0.717) is 39.3 Å². The lowest BCUT2D eigenvalue weighted by molar-refractivity contribution is -0.144. The van der Waals surface area contributed by atoms with E-state index in [0.717, 1.165) is 18.5 Å². The van der Waals surface area contributed by atoms with Gasteiger partial charge in [0, 0.05) is 44.8 Å². The molecule has 1 aromatic rings. The number of nitrogens with zero attached hydrogens (tertiary/aromatic N) is 3. The lowest BCUT2D eigenvalue weighted by atomic mass is 9.91. The largest absolute Gasteiger partial charge is 0.381 e. The van der Waals surface area contributed by atoms with Crippen LogP contribution in [0.2, 0.25) is 0 Å². The number of carbonyl (C=O) groups is 3. The molecule has 1 atom stereocenters. The van der Waals surface area contributed by atoms with Crippen LogP contribution in [-0.2, 0) is 19.1 Å². The summed E-state index contributed by atoms with van der Waals surface area (Å²) in [6.07, 6.45) is 2.21. The number of carbonyl (C=O) groups excluding carboxylic acids is 3. The standard InChI is InChI=1S/C21H27N3O4/c1-16(25)24-13-19(26)23(18-5-3-2-4-6-18)15-21(24)9-10-22(14-21)20(27)17-7-11-28-12-8-17/h2-6,17H,7-15H2,1H3/t21-/m1/s1. The first-order valence-electron chi connectivity index (χ1n) is 10.0. The summed E-state index contributed by atoms with van der Waals surface area (Å²) in [7, 11) is 0. The monoisotopic (exact) mass is 385 g/mol. The molecule has 0 unspecified atom stereocenters. The molecule has 0 radical (unpaired) electrons. The average molecular weight is 385 g/mol. The lowest BCUT2D eigenvalue weighted by Crippen LogP contribution is -2.67. The van der Waals surface area contributed by atoms with Gasteiger partial charge in [0.25, 0.3) is 0 Å². The summed E-state index contributed by atoms with van der Waals surface area (Å²) in [5.41, 5.74) is 0.320. The van der Waals surface area contributed by atoms with Crippen molar-refractivity contribution in [3.63, 3.8) is 0 Å². The van der Waals surface area contributed by atoms with E-state index in [1.165, 1.54) is 6.92 Å². The first kappa shape index (κ1) is 18.9. The van der Waals surface area contributed by atoms with E-state index < -0.39 is 5.54 Å². The fraction of sp³-hybridized carbons (Fsp3) is 0.571. The maximum Gasteiger partial charge on any atom is 0.246 e. The maximum atomic E-state index is 13.0. The molecule has 3 aliphatic heterocycles. The molecule has 28 heavy (non-hydrogen) atoms. The Balaban J connectivity index is 1.57. The number of piperazine rings is 1. The van der Waals surface area contributed by atoms with Crippen LogP contribution in [0, 0.1) is 5.92 Å². The Morgan fingerprint density at radius 1 is 1.11 bits per heavy atom. The number of benzene rings is 1. The molecule has 1 aromatic carbocycles. The fourth-order valence-electron chi connectivity index (χ4n) is 4.74. The molecule has 1 spiro atoms. The molecule has 0 bridgehead atoms. The Hall–Kier alpha value is -2.41. The minimum atomic E-state index is -0.517. The molecular weight excluding hydrogens is 358 g/mol. The molecule has 3 fully saturated rings.